The Hall–Kier alpha value is -4.27. The van der Waals surface area contributed by atoms with Gasteiger partial charge in [-0.15, -0.1) is 13.2 Å². The molecule has 0 bridgehead atoms. The number of anilines is 1. The number of aliphatic hydroxyl groups excluding tert-OH is 1. The Kier molecular flexibility index (Phi) is 7.24. The first-order chi connectivity index (χ1) is 17.6. The van der Waals surface area contributed by atoms with Gasteiger partial charge in [-0.3, -0.25) is 14.5 Å². The molecule has 192 valence electrons. The summed E-state index contributed by atoms with van der Waals surface area (Å²) < 4.78 is 47.3. The topological polar surface area (TPSA) is 76.1 Å². The molecule has 1 saturated heterocycles. The average molecular weight is 511 g/mol. The summed E-state index contributed by atoms with van der Waals surface area (Å²) in [5, 5.41) is 11.2. The van der Waals surface area contributed by atoms with Gasteiger partial charge in [0, 0.05) is 11.3 Å². The van der Waals surface area contributed by atoms with Crippen LogP contribution in [0.5, 0.6) is 11.5 Å². The van der Waals surface area contributed by atoms with Crippen molar-refractivity contribution in [2.75, 3.05) is 11.5 Å². The molecule has 1 atom stereocenters. The molecule has 0 radical (unpaired) electrons. The van der Waals surface area contributed by atoms with E-state index >= 15 is 0 Å². The summed E-state index contributed by atoms with van der Waals surface area (Å²) in [6.45, 7) is 4.34. The highest BCUT2D eigenvalue weighted by atomic mass is 19.4. The van der Waals surface area contributed by atoms with E-state index in [1.54, 1.807) is 42.5 Å². The smallest absolute Gasteiger partial charge is 0.507 e. The number of hydrogen-bond donors (Lipinski definition) is 1. The van der Waals surface area contributed by atoms with Crippen LogP contribution in [0.3, 0.4) is 0 Å². The van der Waals surface area contributed by atoms with Gasteiger partial charge < -0.3 is 14.6 Å². The first-order valence-electron chi connectivity index (χ1n) is 11.6. The normalized spacial score (nSPS) is 17.2. The summed E-state index contributed by atoms with van der Waals surface area (Å²) >= 11 is 0. The zero-order valence-electron chi connectivity index (χ0n) is 20.1. The maximum absolute atomic E-state index is 13.2. The Morgan fingerprint density at radius 3 is 2.22 bits per heavy atom. The van der Waals surface area contributed by atoms with Gasteiger partial charge in [0.25, 0.3) is 11.7 Å². The second kappa shape index (κ2) is 10.4. The van der Waals surface area contributed by atoms with Gasteiger partial charge in [-0.05, 0) is 67.4 Å². The first-order valence-corrected chi connectivity index (χ1v) is 11.6. The predicted molar refractivity (Wildman–Crippen MR) is 131 cm³/mol. The highest BCUT2D eigenvalue weighted by molar-refractivity contribution is 6.51. The standard InChI is InChI=1S/C28H24F3NO5/c1-3-15-36-21-11-7-18(8-12-21)25(33)23-24(19-6-4-5-17(2)16-19)32(27(35)26(23)34)20-9-13-22(14-10-20)37-28(29,30)31/h4-14,16,24,33H,3,15H2,1-2H3/b25-23-. The second-order valence-electron chi connectivity index (χ2n) is 8.50. The van der Waals surface area contributed by atoms with Crippen molar-refractivity contribution in [2.24, 2.45) is 0 Å². The van der Waals surface area contributed by atoms with Crippen molar-refractivity contribution < 1.29 is 37.3 Å². The van der Waals surface area contributed by atoms with E-state index in [-0.39, 0.29) is 17.0 Å². The number of nitrogens with zero attached hydrogens (tertiary/aromatic N) is 1. The summed E-state index contributed by atoms with van der Waals surface area (Å²) in [7, 11) is 0. The molecule has 1 amide bonds. The molecular formula is C28H24F3NO5. The number of Topliss-reactive ketones (excluding diaryl/α,β-unsaturated/α-hetero) is 1. The van der Waals surface area contributed by atoms with Crippen LogP contribution in [0.4, 0.5) is 18.9 Å². The third-order valence-electron chi connectivity index (χ3n) is 5.75. The van der Waals surface area contributed by atoms with E-state index in [2.05, 4.69) is 4.74 Å². The number of benzene rings is 3. The molecule has 1 fully saturated rings. The van der Waals surface area contributed by atoms with E-state index < -0.39 is 29.8 Å². The SMILES string of the molecule is CCCOc1ccc(/C(O)=C2/C(=O)C(=O)N(c3ccc(OC(F)(F)F)cc3)C2c2cccc(C)c2)cc1. The second-order valence-corrected chi connectivity index (χ2v) is 8.50. The minimum absolute atomic E-state index is 0.131. The Balaban J connectivity index is 1.80. The molecule has 3 aromatic rings. The van der Waals surface area contributed by atoms with Crippen LogP contribution >= 0.6 is 0 Å². The molecule has 6 nitrogen and oxygen atoms in total. The van der Waals surface area contributed by atoms with E-state index in [1.807, 2.05) is 19.9 Å². The van der Waals surface area contributed by atoms with E-state index in [4.69, 9.17) is 4.74 Å². The van der Waals surface area contributed by atoms with Gasteiger partial charge in [-0.2, -0.15) is 0 Å². The lowest BCUT2D eigenvalue weighted by atomic mass is 9.94. The quantitative estimate of drug-likeness (QED) is 0.229. The Morgan fingerprint density at radius 1 is 0.973 bits per heavy atom. The van der Waals surface area contributed by atoms with Gasteiger partial charge in [0.15, 0.2) is 0 Å². The number of ketones is 1. The van der Waals surface area contributed by atoms with Crippen LogP contribution in [0.1, 0.15) is 36.1 Å². The van der Waals surface area contributed by atoms with Crippen molar-refractivity contribution >= 4 is 23.1 Å². The number of hydrogen-bond acceptors (Lipinski definition) is 5. The minimum atomic E-state index is -4.87. The van der Waals surface area contributed by atoms with Crippen molar-refractivity contribution in [3.05, 3.63) is 95.1 Å². The van der Waals surface area contributed by atoms with E-state index in [0.29, 0.717) is 23.5 Å². The number of carbonyl (C=O) groups is 2. The molecule has 9 heteroatoms. The van der Waals surface area contributed by atoms with Gasteiger partial charge in [0.1, 0.15) is 17.3 Å². The molecule has 0 aromatic heterocycles. The largest absolute Gasteiger partial charge is 0.573 e. The summed E-state index contributed by atoms with van der Waals surface area (Å²) in [4.78, 5) is 27.6. The van der Waals surface area contributed by atoms with Crippen LogP contribution in [0, 0.1) is 6.92 Å². The number of ether oxygens (including phenoxy) is 2. The van der Waals surface area contributed by atoms with Crippen molar-refractivity contribution in [3.63, 3.8) is 0 Å². The van der Waals surface area contributed by atoms with Gasteiger partial charge in [0.05, 0.1) is 18.2 Å². The van der Waals surface area contributed by atoms with E-state index in [1.165, 1.54) is 17.0 Å². The molecule has 1 N–H and O–H groups in total. The molecule has 1 aliphatic heterocycles. The molecule has 1 heterocycles. The van der Waals surface area contributed by atoms with Gasteiger partial charge in [-0.25, -0.2) is 0 Å². The zero-order valence-corrected chi connectivity index (χ0v) is 20.1. The lowest BCUT2D eigenvalue weighted by Gasteiger charge is -2.26. The minimum Gasteiger partial charge on any atom is -0.507 e. The van der Waals surface area contributed by atoms with Crippen molar-refractivity contribution in [3.8, 4) is 11.5 Å². The number of amides is 1. The number of alkyl halides is 3. The maximum atomic E-state index is 13.2. The number of carbonyl (C=O) groups excluding carboxylic acids is 2. The van der Waals surface area contributed by atoms with Crippen LogP contribution < -0.4 is 14.4 Å². The Bertz CT molecular complexity index is 1330. The molecule has 37 heavy (non-hydrogen) atoms. The summed E-state index contributed by atoms with van der Waals surface area (Å²) in [6.07, 6.45) is -4.05. The van der Waals surface area contributed by atoms with Gasteiger partial charge >= 0.3 is 6.36 Å². The summed E-state index contributed by atoms with van der Waals surface area (Å²) in [6, 6.07) is 17.2. The molecular weight excluding hydrogens is 487 g/mol. The highest BCUT2D eigenvalue weighted by Crippen LogP contribution is 2.43. The molecule has 0 aliphatic carbocycles. The average Bonchev–Trinajstić information content (AvgIpc) is 3.12. The van der Waals surface area contributed by atoms with E-state index in [0.717, 1.165) is 24.1 Å². The lowest BCUT2D eigenvalue weighted by Crippen LogP contribution is -2.29. The van der Waals surface area contributed by atoms with Crippen LogP contribution in [0.15, 0.2) is 78.4 Å². The molecule has 4 rings (SSSR count). The predicted octanol–water partition coefficient (Wildman–Crippen LogP) is 6.31. The van der Waals surface area contributed by atoms with Crippen molar-refractivity contribution in [1.29, 1.82) is 0 Å². The zero-order chi connectivity index (χ0) is 26.7. The van der Waals surface area contributed by atoms with Crippen LogP contribution in [-0.2, 0) is 9.59 Å². The molecule has 1 aliphatic rings. The number of aryl methyl sites for hydroxylation is 1. The number of halogens is 3. The van der Waals surface area contributed by atoms with E-state index in [9.17, 15) is 27.9 Å². The molecule has 3 aromatic carbocycles. The third-order valence-corrected chi connectivity index (χ3v) is 5.75. The van der Waals surface area contributed by atoms with Crippen LogP contribution in [0.25, 0.3) is 5.76 Å². The van der Waals surface area contributed by atoms with Crippen molar-refractivity contribution in [2.45, 2.75) is 32.7 Å². The van der Waals surface area contributed by atoms with Gasteiger partial charge in [0.2, 0.25) is 0 Å². The first kappa shape index (κ1) is 25.8. The third kappa shape index (κ3) is 5.61. The highest BCUT2D eigenvalue weighted by Gasteiger charge is 2.47. The number of aliphatic hydroxyl groups is 1. The Labute approximate surface area is 211 Å². The molecule has 0 spiro atoms. The van der Waals surface area contributed by atoms with Crippen LogP contribution in [-0.4, -0.2) is 29.8 Å². The molecule has 0 saturated carbocycles. The summed E-state index contributed by atoms with van der Waals surface area (Å²) in [5.41, 5.74) is 1.76. The fraction of sp³-hybridized carbons (Fsp3) is 0.214. The maximum Gasteiger partial charge on any atom is 0.573 e. The van der Waals surface area contributed by atoms with Crippen LogP contribution in [0.2, 0.25) is 0 Å². The van der Waals surface area contributed by atoms with Crippen molar-refractivity contribution in [1.82, 2.24) is 0 Å². The monoisotopic (exact) mass is 511 g/mol. The lowest BCUT2D eigenvalue weighted by molar-refractivity contribution is -0.274. The summed E-state index contributed by atoms with van der Waals surface area (Å²) in [5.74, 6) is -2.07. The fourth-order valence-corrected chi connectivity index (χ4v) is 4.15. The number of rotatable bonds is 7. The fourth-order valence-electron chi connectivity index (χ4n) is 4.15. The Morgan fingerprint density at radius 2 is 1.62 bits per heavy atom. The van der Waals surface area contributed by atoms with Gasteiger partial charge in [-0.1, -0.05) is 36.8 Å². The molecule has 1 unspecified atom stereocenters.